The second kappa shape index (κ2) is 8.86. The first-order valence-corrected chi connectivity index (χ1v) is 10.0. The minimum Gasteiger partial charge on any atom is -0.490 e. The number of hydrogen-bond acceptors (Lipinski definition) is 5. The molecular formula is C23H20F3N3O3. The minimum atomic E-state index is -4.46. The van der Waals surface area contributed by atoms with Crippen LogP contribution in [0.2, 0.25) is 0 Å². The number of halogens is 3. The van der Waals surface area contributed by atoms with E-state index in [1.807, 2.05) is 17.0 Å². The molecule has 1 aliphatic heterocycles. The fraction of sp³-hybridized carbons (Fsp3) is 0.261. The molecule has 0 spiro atoms. The quantitative estimate of drug-likeness (QED) is 0.604. The molecule has 2 aromatic heterocycles. The van der Waals surface area contributed by atoms with Crippen LogP contribution in [0.4, 0.5) is 19.0 Å². The molecule has 3 aromatic rings. The normalized spacial score (nSPS) is 14.9. The summed E-state index contributed by atoms with van der Waals surface area (Å²) in [6.07, 6.45) is -0.561. The predicted octanol–water partition coefficient (Wildman–Crippen LogP) is 4.91. The third-order valence-electron chi connectivity index (χ3n) is 5.30. The summed E-state index contributed by atoms with van der Waals surface area (Å²) >= 11 is 0. The molecule has 1 aliphatic rings. The molecule has 0 unspecified atom stereocenters. The van der Waals surface area contributed by atoms with E-state index < -0.39 is 17.7 Å². The van der Waals surface area contributed by atoms with Crippen molar-refractivity contribution in [2.45, 2.75) is 25.1 Å². The van der Waals surface area contributed by atoms with E-state index in [4.69, 9.17) is 9.84 Å². The lowest BCUT2D eigenvalue weighted by Crippen LogP contribution is -2.38. The molecule has 0 amide bonds. The number of aromatic nitrogens is 2. The van der Waals surface area contributed by atoms with Crippen LogP contribution in [0.3, 0.4) is 0 Å². The summed E-state index contributed by atoms with van der Waals surface area (Å²) in [7, 11) is 0. The van der Waals surface area contributed by atoms with Crippen LogP contribution < -0.4 is 9.64 Å². The van der Waals surface area contributed by atoms with Gasteiger partial charge in [-0.25, -0.2) is 9.78 Å². The highest BCUT2D eigenvalue weighted by Crippen LogP contribution is 2.37. The molecule has 9 heteroatoms. The maximum Gasteiger partial charge on any atom is 0.419 e. The molecular weight excluding hydrogens is 423 g/mol. The monoisotopic (exact) mass is 443 g/mol. The Morgan fingerprint density at radius 2 is 1.81 bits per heavy atom. The summed E-state index contributed by atoms with van der Waals surface area (Å²) in [5, 5.41) is 9.12. The largest absolute Gasteiger partial charge is 0.490 e. The van der Waals surface area contributed by atoms with Gasteiger partial charge in [-0.1, -0.05) is 12.1 Å². The van der Waals surface area contributed by atoms with Gasteiger partial charge in [-0.2, -0.15) is 13.2 Å². The maximum absolute atomic E-state index is 13.2. The third-order valence-corrected chi connectivity index (χ3v) is 5.30. The molecule has 0 bridgehead atoms. The summed E-state index contributed by atoms with van der Waals surface area (Å²) in [5.74, 6) is -0.435. The number of carboxylic acids is 1. The van der Waals surface area contributed by atoms with Gasteiger partial charge in [-0.05, 0) is 36.4 Å². The van der Waals surface area contributed by atoms with Gasteiger partial charge in [0.1, 0.15) is 17.7 Å². The molecule has 0 radical (unpaired) electrons. The van der Waals surface area contributed by atoms with Crippen molar-refractivity contribution >= 4 is 11.8 Å². The number of nitrogens with zero attached hydrogens (tertiary/aromatic N) is 3. The van der Waals surface area contributed by atoms with Gasteiger partial charge in [0.25, 0.3) is 0 Å². The number of alkyl halides is 3. The van der Waals surface area contributed by atoms with Gasteiger partial charge < -0.3 is 14.7 Å². The lowest BCUT2D eigenvalue weighted by atomic mass is 10.1. The third kappa shape index (κ3) is 4.82. The fourth-order valence-electron chi connectivity index (χ4n) is 3.63. The van der Waals surface area contributed by atoms with E-state index in [2.05, 4.69) is 9.97 Å². The van der Waals surface area contributed by atoms with Gasteiger partial charge >= 0.3 is 12.1 Å². The van der Waals surface area contributed by atoms with Crippen molar-refractivity contribution in [1.29, 1.82) is 0 Å². The second-order valence-electron chi connectivity index (χ2n) is 7.44. The molecule has 1 fully saturated rings. The lowest BCUT2D eigenvalue weighted by Gasteiger charge is -2.33. The number of hydrogen-bond donors (Lipinski definition) is 1. The van der Waals surface area contributed by atoms with Crippen LogP contribution >= 0.6 is 0 Å². The number of carboxylic acid groups (broad SMARTS) is 1. The number of rotatable bonds is 5. The van der Waals surface area contributed by atoms with Crippen molar-refractivity contribution in [3.05, 3.63) is 72.1 Å². The van der Waals surface area contributed by atoms with Crippen LogP contribution in [-0.2, 0) is 6.18 Å². The maximum atomic E-state index is 13.2. The Morgan fingerprint density at radius 1 is 1.06 bits per heavy atom. The fourth-order valence-corrected chi connectivity index (χ4v) is 3.63. The first kappa shape index (κ1) is 21.6. The zero-order valence-electron chi connectivity index (χ0n) is 16.9. The summed E-state index contributed by atoms with van der Waals surface area (Å²) in [6.45, 7) is 1.19. The minimum absolute atomic E-state index is 0.142. The van der Waals surface area contributed by atoms with Crippen molar-refractivity contribution in [2.75, 3.05) is 18.0 Å². The van der Waals surface area contributed by atoms with E-state index in [0.717, 1.165) is 11.9 Å². The second-order valence-corrected chi connectivity index (χ2v) is 7.44. The molecule has 32 heavy (non-hydrogen) atoms. The molecule has 0 atom stereocenters. The highest BCUT2D eigenvalue weighted by atomic mass is 19.4. The highest BCUT2D eigenvalue weighted by Gasteiger charge is 2.35. The van der Waals surface area contributed by atoms with E-state index in [9.17, 15) is 18.0 Å². The van der Waals surface area contributed by atoms with E-state index in [1.54, 1.807) is 6.20 Å². The van der Waals surface area contributed by atoms with Crippen molar-refractivity contribution in [2.24, 2.45) is 0 Å². The average molecular weight is 443 g/mol. The van der Waals surface area contributed by atoms with Crippen molar-refractivity contribution in [3.8, 4) is 17.0 Å². The number of pyridine rings is 2. The summed E-state index contributed by atoms with van der Waals surface area (Å²) < 4.78 is 45.2. The Balaban J connectivity index is 1.39. The molecule has 1 saturated heterocycles. The molecule has 1 N–H and O–H groups in total. The van der Waals surface area contributed by atoms with Gasteiger partial charge in [0, 0.05) is 43.9 Å². The topological polar surface area (TPSA) is 75.5 Å². The molecule has 6 nitrogen and oxygen atoms in total. The number of para-hydroxylation sites is 1. The molecule has 4 rings (SSSR count). The van der Waals surface area contributed by atoms with Gasteiger partial charge in [-0.3, -0.25) is 4.98 Å². The molecule has 0 saturated carbocycles. The summed E-state index contributed by atoms with van der Waals surface area (Å²) in [4.78, 5) is 21.8. The number of benzene rings is 1. The molecule has 0 aliphatic carbocycles. The number of anilines is 1. The van der Waals surface area contributed by atoms with Gasteiger partial charge in [-0.15, -0.1) is 0 Å². The van der Waals surface area contributed by atoms with E-state index in [-0.39, 0.29) is 17.4 Å². The van der Waals surface area contributed by atoms with E-state index in [0.29, 0.717) is 37.2 Å². The number of carbonyl (C=O) groups is 1. The summed E-state index contributed by atoms with van der Waals surface area (Å²) in [6, 6.07) is 11.8. The van der Waals surface area contributed by atoms with Crippen LogP contribution in [0.15, 0.2) is 60.9 Å². The van der Waals surface area contributed by atoms with E-state index in [1.165, 1.54) is 36.5 Å². The Kier molecular flexibility index (Phi) is 5.98. The van der Waals surface area contributed by atoms with Crippen molar-refractivity contribution < 1.29 is 27.8 Å². The van der Waals surface area contributed by atoms with Gasteiger partial charge in [0.2, 0.25) is 0 Å². The van der Waals surface area contributed by atoms with Crippen LogP contribution in [-0.4, -0.2) is 40.2 Å². The summed E-state index contributed by atoms with van der Waals surface area (Å²) in [5.41, 5.74) is 0.590. The lowest BCUT2D eigenvalue weighted by molar-refractivity contribution is -0.139. The molecule has 166 valence electrons. The highest BCUT2D eigenvalue weighted by molar-refractivity contribution is 5.88. The Bertz CT molecular complexity index is 1100. The smallest absolute Gasteiger partial charge is 0.419 e. The molecule has 1 aromatic carbocycles. The number of ether oxygens (including phenoxy) is 1. The van der Waals surface area contributed by atoms with E-state index >= 15 is 0 Å². The SMILES string of the molecule is O=C(O)c1ccnc(-c2ccc(N3CCC(Oc4ccccc4C(F)(F)F)CC3)nc2)c1. The van der Waals surface area contributed by atoms with Crippen LogP contribution in [0.1, 0.15) is 28.8 Å². The Hall–Kier alpha value is -3.62. The number of piperidine rings is 1. The van der Waals surface area contributed by atoms with Crippen LogP contribution in [0, 0.1) is 0 Å². The van der Waals surface area contributed by atoms with Gasteiger partial charge in [0.15, 0.2) is 0 Å². The van der Waals surface area contributed by atoms with Gasteiger partial charge in [0.05, 0.1) is 16.8 Å². The predicted molar refractivity (Wildman–Crippen MR) is 112 cm³/mol. The Morgan fingerprint density at radius 3 is 2.47 bits per heavy atom. The average Bonchev–Trinajstić information content (AvgIpc) is 2.79. The van der Waals surface area contributed by atoms with Crippen molar-refractivity contribution in [1.82, 2.24) is 9.97 Å². The first-order valence-electron chi connectivity index (χ1n) is 10.0. The number of aromatic carboxylic acids is 1. The standard InChI is InChI=1S/C23H20F3N3O3/c24-23(25,26)18-3-1-2-4-20(18)32-17-8-11-29(12-9-17)21-6-5-16(14-28-21)19-13-15(22(30)31)7-10-27-19/h1-7,10,13-14,17H,8-9,11-12H2,(H,30,31). The zero-order chi connectivity index (χ0) is 22.7. The van der Waals surface area contributed by atoms with Crippen LogP contribution in [0.25, 0.3) is 11.3 Å². The Labute approximate surface area is 182 Å². The van der Waals surface area contributed by atoms with Crippen molar-refractivity contribution in [3.63, 3.8) is 0 Å². The zero-order valence-corrected chi connectivity index (χ0v) is 16.9. The molecule has 3 heterocycles. The first-order chi connectivity index (χ1) is 15.3. The van der Waals surface area contributed by atoms with Crippen LogP contribution in [0.5, 0.6) is 5.75 Å².